The second-order valence-electron chi connectivity index (χ2n) is 7.29. The number of nitrogens with zero attached hydrogens (tertiary/aromatic N) is 1. The van der Waals surface area contributed by atoms with Crippen LogP contribution in [0.5, 0.6) is 5.75 Å². The molecule has 5 heteroatoms. The van der Waals surface area contributed by atoms with Gasteiger partial charge in [-0.1, -0.05) is 31.7 Å². The van der Waals surface area contributed by atoms with Gasteiger partial charge in [-0.25, -0.2) is 0 Å². The number of anilines is 2. The molecule has 1 saturated heterocycles. The summed E-state index contributed by atoms with van der Waals surface area (Å²) in [7, 11) is 0. The maximum Gasteiger partial charge on any atom is 0.171 e. The molecule has 0 amide bonds. The van der Waals surface area contributed by atoms with Crippen molar-refractivity contribution in [3.05, 3.63) is 66.7 Å². The average molecular weight is 396 g/mol. The number of ether oxygens (including phenoxy) is 1. The van der Waals surface area contributed by atoms with Crippen LogP contribution in [0.2, 0.25) is 0 Å². The number of nitrogens with one attached hydrogen (secondary N) is 2. The third-order valence-electron chi connectivity index (χ3n) is 4.89. The molecular formula is C23H29N3OS. The van der Waals surface area contributed by atoms with Gasteiger partial charge in [-0.3, -0.25) is 0 Å². The second kappa shape index (κ2) is 10.1. The van der Waals surface area contributed by atoms with E-state index in [1.165, 1.54) is 24.1 Å². The summed E-state index contributed by atoms with van der Waals surface area (Å²) < 4.78 is 5.48. The number of thiocarbonyl (C=S) groups is 1. The maximum absolute atomic E-state index is 5.48. The van der Waals surface area contributed by atoms with Gasteiger partial charge in [-0.15, -0.1) is 0 Å². The summed E-state index contributed by atoms with van der Waals surface area (Å²) >= 11 is 5.40. The minimum absolute atomic E-state index is 0.502. The predicted octanol–water partition coefficient (Wildman–Crippen LogP) is 4.97. The van der Waals surface area contributed by atoms with Crippen molar-refractivity contribution in [1.29, 1.82) is 0 Å². The molecule has 1 unspecified atom stereocenters. The van der Waals surface area contributed by atoms with Crippen molar-refractivity contribution in [1.82, 2.24) is 5.32 Å². The van der Waals surface area contributed by atoms with Gasteiger partial charge < -0.3 is 20.3 Å². The van der Waals surface area contributed by atoms with Crippen molar-refractivity contribution in [2.24, 2.45) is 5.92 Å². The lowest BCUT2D eigenvalue weighted by molar-refractivity contribution is 0.363. The van der Waals surface area contributed by atoms with Crippen LogP contribution < -0.4 is 20.3 Å². The third-order valence-corrected chi connectivity index (χ3v) is 5.14. The molecular weight excluding hydrogens is 366 g/mol. The van der Waals surface area contributed by atoms with Crippen LogP contribution in [0.1, 0.15) is 25.3 Å². The van der Waals surface area contributed by atoms with Crippen molar-refractivity contribution in [3.8, 4) is 5.75 Å². The quantitative estimate of drug-likeness (QED) is 0.511. The van der Waals surface area contributed by atoms with Gasteiger partial charge in [-0.05, 0) is 72.9 Å². The number of benzene rings is 2. The molecule has 148 valence electrons. The van der Waals surface area contributed by atoms with E-state index in [1.54, 1.807) is 6.08 Å². The van der Waals surface area contributed by atoms with E-state index in [1.807, 2.05) is 24.3 Å². The van der Waals surface area contributed by atoms with E-state index in [0.717, 1.165) is 30.4 Å². The van der Waals surface area contributed by atoms with E-state index < -0.39 is 0 Å². The molecule has 2 aromatic carbocycles. The van der Waals surface area contributed by atoms with Gasteiger partial charge in [0.25, 0.3) is 0 Å². The van der Waals surface area contributed by atoms with E-state index in [0.29, 0.717) is 18.3 Å². The Morgan fingerprint density at radius 2 is 1.96 bits per heavy atom. The van der Waals surface area contributed by atoms with Gasteiger partial charge in [0, 0.05) is 31.0 Å². The topological polar surface area (TPSA) is 36.5 Å². The Balaban J connectivity index is 1.45. The molecule has 2 aromatic rings. The van der Waals surface area contributed by atoms with Crippen LogP contribution >= 0.6 is 12.2 Å². The third kappa shape index (κ3) is 5.99. The average Bonchev–Trinajstić information content (AvgIpc) is 2.72. The summed E-state index contributed by atoms with van der Waals surface area (Å²) in [6.07, 6.45) is 4.35. The first-order valence-corrected chi connectivity index (χ1v) is 10.3. The normalized spacial score (nSPS) is 16.3. The van der Waals surface area contributed by atoms with E-state index >= 15 is 0 Å². The van der Waals surface area contributed by atoms with E-state index in [-0.39, 0.29) is 0 Å². The first-order valence-electron chi connectivity index (χ1n) is 9.86. The van der Waals surface area contributed by atoms with Gasteiger partial charge in [0.2, 0.25) is 0 Å². The standard InChI is InChI=1S/C23H29N3OS/c1-3-15-27-22-12-8-20(9-13-22)25-23(28)24-16-19-6-10-21(11-7-19)26-14-4-5-18(2)17-26/h3,6-13,18H,1,4-5,14-17H2,2H3,(H2,24,25,28). The maximum atomic E-state index is 5.48. The van der Waals surface area contributed by atoms with Crippen molar-refractivity contribution in [2.75, 3.05) is 29.9 Å². The summed E-state index contributed by atoms with van der Waals surface area (Å²) in [5.41, 5.74) is 3.46. The molecule has 0 aliphatic carbocycles. The van der Waals surface area contributed by atoms with Crippen molar-refractivity contribution >= 4 is 28.7 Å². The number of piperidine rings is 1. The Morgan fingerprint density at radius 1 is 1.21 bits per heavy atom. The Kier molecular flexibility index (Phi) is 7.31. The molecule has 0 saturated carbocycles. The van der Waals surface area contributed by atoms with Crippen molar-refractivity contribution in [2.45, 2.75) is 26.3 Å². The van der Waals surface area contributed by atoms with Crippen molar-refractivity contribution in [3.63, 3.8) is 0 Å². The molecule has 0 aromatic heterocycles. The summed E-state index contributed by atoms with van der Waals surface area (Å²) in [4.78, 5) is 2.49. The Bertz CT molecular complexity index is 773. The highest BCUT2D eigenvalue weighted by molar-refractivity contribution is 7.80. The zero-order valence-corrected chi connectivity index (χ0v) is 17.3. The number of hydrogen-bond donors (Lipinski definition) is 2. The largest absolute Gasteiger partial charge is 0.490 e. The van der Waals surface area contributed by atoms with Crippen LogP contribution in [-0.4, -0.2) is 24.8 Å². The first kappa shape index (κ1) is 20.2. The summed E-state index contributed by atoms with van der Waals surface area (Å²) in [6, 6.07) is 16.5. The molecule has 1 atom stereocenters. The van der Waals surface area contributed by atoms with Crippen LogP contribution in [0.25, 0.3) is 0 Å². The highest BCUT2D eigenvalue weighted by Crippen LogP contribution is 2.23. The SMILES string of the molecule is C=CCOc1ccc(NC(=S)NCc2ccc(N3CCCC(C)C3)cc2)cc1. The fraction of sp³-hybridized carbons (Fsp3) is 0.348. The second-order valence-corrected chi connectivity index (χ2v) is 7.70. The van der Waals surface area contributed by atoms with Crippen LogP contribution in [-0.2, 0) is 6.54 Å². The molecule has 1 fully saturated rings. The minimum atomic E-state index is 0.502. The van der Waals surface area contributed by atoms with Gasteiger partial charge in [0.05, 0.1) is 0 Å². The molecule has 0 radical (unpaired) electrons. The monoisotopic (exact) mass is 395 g/mol. The van der Waals surface area contributed by atoms with Crippen LogP contribution in [0.3, 0.4) is 0 Å². The van der Waals surface area contributed by atoms with Crippen LogP contribution in [0.15, 0.2) is 61.2 Å². The van der Waals surface area contributed by atoms with Gasteiger partial charge in [0.15, 0.2) is 5.11 Å². The lowest BCUT2D eigenvalue weighted by Crippen LogP contribution is -2.34. The molecule has 1 heterocycles. The lowest BCUT2D eigenvalue weighted by atomic mass is 9.99. The predicted molar refractivity (Wildman–Crippen MR) is 122 cm³/mol. The zero-order valence-electron chi connectivity index (χ0n) is 16.5. The molecule has 1 aliphatic rings. The summed E-state index contributed by atoms with van der Waals surface area (Å²) in [6.45, 7) is 9.49. The van der Waals surface area contributed by atoms with E-state index in [4.69, 9.17) is 17.0 Å². The number of rotatable bonds is 7. The minimum Gasteiger partial charge on any atom is -0.490 e. The smallest absolute Gasteiger partial charge is 0.171 e. The molecule has 0 bridgehead atoms. The zero-order chi connectivity index (χ0) is 19.8. The molecule has 0 spiro atoms. The molecule has 2 N–H and O–H groups in total. The van der Waals surface area contributed by atoms with Gasteiger partial charge in [0.1, 0.15) is 12.4 Å². The highest BCUT2D eigenvalue weighted by atomic mass is 32.1. The highest BCUT2D eigenvalue weighted by Gasteiger charge is 2.16. The Morgan fingerprint density at radius 3 is 2.64 bits per heavy atom. The Labute approximate surface area is 173 Å². The van der Waals surface area contributed by atoms with Crippen LogP contribution in [0.4, 0.5) is 11.4 Å². The van der Waals surface area contributed by atoms with Crippen LogP contribution in [0, 0.1) is 5.92 Å². The molecule has 28 heavy (non-hydrogen) atoms. The lowest BCUT2D eigenvalue weighted by Gasteiger charge is -2.32. The summed E-state index contributed by atoms with van der Waals surface area (Å²) in [5, 5.41) is 7.07. The fourth-order valence-electron chi connectivity index (χ4n) is 3.40. The Hall–Kier alpha value is -2.53. The number of hydrogen-bond acceptors (Lipinski definition) is 3. The first-order chi connectivity index (χ1) is 13.6. The molecule has 3 rings (SSSR count). The van der Waals surface area contributed by atoms with Gasteiger partial charge in [-0.2, -0.15) is 0 Å². The van der Waals surface area contributed by atoms with E-state index in [9.17, 15) is 0 Å². The molecule has 1 aliphatic heterocycles. The van der Waals surface area contributed by atoms with Gasteiger partial charge >= 0.3 is 0 Å². The fourth-order valence-corrected chi connectivity index (χ4v) is 3.59. The molecule has 4 nitrogen and oxygen atoms in total. The van der Waals surface area contributed by atoms with E-state index in [2.05, 4.69) is 53.3 Å². The summed E-state index contributed by atoms with van der Waals surface area (Å²) in [5.74, 6) is 1.59. The van der Waals surface area contributed by atoms with Crippen molar-refractivity contribution < 1.29 is 4.74 Å².